The van der Waals surface area contributed by atoms with Crippen LogP contribution in [0.2, 0.25) is 0 Å². The molecule has 4 atom stereocenters. The van der Waals surface area contributed by atoms with Gasteiger partial charge in [-0.25, -0.2) is 0 Å². The van der Waals surface area contributed by atoms with Crippen LogP contribution in [-0.4, -0.2) is 12.2 Å². The summed E-state index contributed by atoms with van der Waals surface area (Å²) in [6.45, 7) is 23.5. The topological polar surface area (TPSA) is 9.23 Å². The van der Waals surface area contributed by atoms with Crippen molar-refractivity contribution in [1.82, 2.24) is 0 Å². The first-order valence-electron chi connectivity index (χ1n) is 11.1. The van der Waals surface area contributed by atoms with Gasteiger partial charge in [0.25, 0.3) is 0 Å². The van der Waals surface area contributed by atoms with Gasteiger partial charge in [0.05, 0.1) is 12.2 Å². The van der Waals surface area contributed by atoms with Crippen LogP contribution in [0, 0.1) is 35.5 Å². The van der Waals surface area contributed by atoms with Crippen LogP contribution in [0.4, 0.5) is 0 Å². The Bertz CT molecular complexity index is 275. The highest BCUT2D eigenvalue weighted by Crippen LogP contribution is 2.28. The molecule has 0 rings (SSSR count). The fraction of sp³-hybridized carbons (Fsp3) is 1.00. The molecule has 152 valence electrons. The van der Waals surface area contributed by atoms with E-state index in [0.29, 0.717) is 24.0 Å². The van der Waals surface area contributed by atoms with Gasteiger partial charge in [-0.3, -0.25) is 0 Å². The molecule has 25 heavy (non-hydrogen) atoms. The Morgan fingerprint density at radius 3 is 0.920 bits per heavy atom. The summed E-state index contributed by atoms with van der Waals surface area (Å²) in [6, 6.07) is 0. The van der Waals surface area contributed by atoms with Gasteiger partial charge in [0.15, 0.2) is 0 Å². The van der Waals surface area contributed by atoms with Crippen LogP contribution in [-0.2, 0) is 4.74 Å². The minimum absolute atomic E-state index is 0.434. The maximum atomic E-state index is 6.78. The SMILES string of the molecule is CC(C)CC(C)CC(CC(C)C)OC(CC(C)C)CC(C)CC(C)C. The predicted octanol–water partition coefficient (Wildman–Crippen LogP) is 7.98. The lowest BCUT2D eigenvalue weighted by Crippen LogP contribution is -2.28. The highest BCUT2D eigenvalue weighted by Gasteiger charge is 2.23. The van der Waals surface area contributed by atoms with E-state index in [0.717, 1.165) is 23.7 Å². The lowest BCUT2D eigenvalue weighted by molar-refractivity contribution is -0.0518. The normalized spacial score (nSPS) is 17.5. The zero-order chi connectivity index (χ0) is 19.6. The minimum atomic E-state index is 0.434. The van der Waals surface area contributed by atoms with Gasteiger partial charge in [0.2, 0.25) is 0 Å². The van der Waals surface area contributed by atoms with Crippen LogP contribution < -0.4 is 0 Å². The van der Waals surface area contributed by atoms with Crippen molar-refractivity contribution in [3.8, 4) is 0 Å². The smallest absolute Gasteiger partial charge is 0.0583 e. The summed E-state index contributed by atoms with van der Waals surface area (Å²) >= 11 is 0. The number of hydrogen-bond donors (Lipinski definition) is 0. The van der Waals surface area contributed by atoms with E-state index in [9.17, 15) is 0 Å². The average Bonchev–Trinajstić information content (AvgIpc) is 2.33. The summed E-state index contributed by atoms with van der Waals surface area (Å²) in [4.78, 5) is 0. The Balaban J connectivity index is 4.85. The summed E-state index contributed by atoms with van der Waals surface area (Å²) in [5.41, 5.74) is 0. The first kappa shape index (κ1) is 25.0. The van der Waals surface area contributed by atoms with Crippen LogP contribution in [0.15, 0.2) is 0 Å². The van der Waals surface area contributed by atoms with E-state index in [1.807, 2.05) is 0 Å². The molecule has 0 aliphatic carbocycles. The Labute approximate surface area is 160 Å². The van der Waals surface area contributed by atoms with E-state index in [1.165, 1.54) is 38.5 Å². The third-order valence-electron chi connectivity index (χ3n) is 4.93. The number of rotatable bonds is 14. The Morgan fingerprint density at radius 2 is 0.680 bits per heavy atom. The number of hydrogen-bond acceptors (Lipinski definition) is 1. The summed E-state index contributed by atoms with van der Waals surface area (Å²) in [7, 11) is 0. The minimum Gasteiger partial charge on any atom is -0.375 e. The molecule has 1 nitrogen and oxygen atoms in total. The van der Waals surface area contributed by atoms with Crippen molar-refractivity contribution in [1.29, 1.82) is 0 Å². The van der Waals surface area contributed by atoms with Gasteiger partial charge in [-0.2, -0.15) is 0 Å². The average molecular weight is 355 g/mol. The molecule has 4 unspecified atom stereocenters. The van der Waals surface area contributed by atoms with Crippen molar-refractivity contribution in [3.63, 3.8) is 0 Å². The lowest BCUT2D eigenvalue weighted by atomic mass is 9.89. The van der Waals surface area contributed by atoms with E-state index < -0.39 is 0 Å². The van der Waals surface area contributed by atoms with Crippen LogP contribution in [0.1, 0.15) is 108 Å². The molecule has 0 saturated carbocycles. The summed E-state index contributed by atoms with van der Waals surface area (Å²) < 4.78 is 6.78. The van der Waals surface area contributed by atoms with E-state index in [1.54, 1.807) is 0 Å². The van der Waals surface area contributed by atoms with E-state index in [2.05, 4.69) is 69.2 Å². The molecular weight excluding hydrogens is 304 g/mol. The zero-order valence-electron chi connectivity index (χ0n) is 19.3. The highest BCUT2D eigenvalue weighted by atomic mass is 16.5. The molecule has 0 aromatic carbocycles. The maximum Gasteiger partial charge on any atom is 0.0583 e. The molecule has 0 aromatic heterocycles. The monoisotopic (exact) mass is 354 g/mol. The molecule has 0 radical (unpaired) electrons. The van der Waals surface area contributed by atoms with E-state index in [4.69, 9.17) is 4.74 Å². The van der Waals surface area contributed by atoms with Gasteiger partial charge in [-0.15, -0.1) is 0 Å². The quantitative estimate of drug-likeness (QED) is 0.307. The highest BCUT2D eigenvalue weighted by molar-refractivity contribution is 4.73. The van der Waals surface area contributed by atoms with Gasteiger partial charge in [0, 0.05) is 0 Å². The van der Waals surface area contributed by atoms with Gasteiger partial charge < -0.3 is 4.74 Å². The molecule has 0 aromatic rings. The van der Waals surface area contributed by atoms with Gasteiger partial charge >= 0.3 is 0 Å². The molecule has 0 N–H and O–H groups in total. The molecule has 0 spiro atoms. The molecule has 0 aliphatic heterocycles. The molecular formula is C24H50O. The third kappa shape index (κ3) is 14.8. The van der Waals surface area contributed by atoms with Crippen LogP contribution in [0.3, 0.4) is 0 Å². The molecule has 0 amide bonds. The molecule has 0 bridgehead atoms. The predicted molar refractivity (Wildman–Crippen MR) is 114 cm³/mol. The zero-order valence-corrected chi connectivity index (χ0v) is 19.3. The standard InChI is InChI=1S/C24H50O/c1-17(2)11-21(9)15-23(13-19(5)6)25-24(14-20(7)8)16-22(10)12-18(3)4/h17-24H,11-16H2,1-10H3. The summed E-state index contributed by atoms with van der Waals surface area (Å²) in [5.74, 6) is 4.51. The largest absolute Gasteiger partial charge is 0.375 e. The lowest BCUT2D eigenvalue weighted by Gasteiger charge is -2.31. The van der Waals surface area contributed by atoms with E-state index >= 15 is 0 Å². The maximum absolute atomic E-state index is 6.78. The third-order valence-corrected chi connectivity index (χ3v) is 4.93. The molecule has 0 heterocycles. The van der Waals surface area contributed by atoms with E-state index in [-0.39, 0.29) is 0 Å². The second-order valence-corrected chi connectivity index (χ2v) is 10.6. The Morgan fingerprint density at radius 1 is 0.400 bits per heavy atom. The van der Waals surface area contributed by atoms with Crippen molar-refractivity contribution in [2.24, 2.45) is 35.5 Å². The summed E-state index contributed by atoms with van der Waals surface area (Å²) in [5, 5.41) is 0. The van der Waals surface area contributed by atoms with Crippen LogP contribution >= 0.6 is 0 Å². The van der Waals surface area contributed by atoms with Gasteiger partial charge in [0.1, 0.15) is 0 Å². The first-order valence-corrected chi connectivity index (χ1v) is 11.1. The van der Waals surface area contributed by atoms with Crippen molar-refractivity contribution in [3.05, 3.63) is 0 Å². The molecule has 0 aliphatic rings. The van der Waals surface area contributed by atoms with Crippen LogP contribution in [0.25, 0.3) is 0 Å². The van der Waals surface area contributed by atoms with Crippen molar-refractivity contribution in [2.45, 2.75) is 120 Å². The Kier molecular flexibility index (Phi) is 13.2. The molecule has 0 fully saturated rings. The van der Waals surface area contributed by atoms with Gasteiger partial charge in [-0.1, -0.05) is 69.2 Å². The Hall–Kier alpha value is -0.0400. The molecule has 0 saturated heterocycles. The van der Waals surface area contributed by atoms with Gasteiger partial charge in [-0.05, 0) is 74.0 Å². The van der Waals surface area contributed by atoms with Crippen molar-refractivity contribution < 1.29 is 4.74 Å². The summed E-state index contributed by atoms with van der Waals surface area (Å²) in [6.07, 6.45) is 8.36. The van der Waals surface area contributed by atoms with Crippen LogP contribution in [0.5, 0.6) is 0 Å². The fourth-order valence-electron chi connectivity index (χ4n) is 4.44. The molecule has 1 heteroatoms. The second-order valence-electron chi connectivity index (χ2n) is 10.6. The fourth-order valence-corrected chi connectivity index (χ4v) is 4.44. The second kappa shape index (κ2) is 13.2. The van der Waals surface area contributed by atoms with Crippen molar-refractivity contribution in [2.75, 3.05) is 0 Å². The first-order chi connectivity index (χ1) is 11.5. The van der Waals surface area contributed by atoms with Crippen molar-refractivity contribution >= 4 is 0 Å². The number of ether oxygens (including phenoxy) is 1.